The van der Waals surface area contributed by atoms with E-state index in [0.717, 1.165) is 37.6 Å². The smallest absolute Gasteiger partial charge is 0.410 e. The zero-order chi connectivity index (χ0) is 24.0. The molecule has 9 nitrogen and oxygen atoms in total. The van der Waals surface area contributed by atoms with Crippen LogP contribution in [0.15, 0.2) is 18.2 Å². The fraction of sp³-hybridized carbons (Fsp3) is 0.667. The maximum absolute atomic E-state index is 12.8. The molecule has 2 amide bonds. The van der Waals surface area contributed by atoms with E-state index in [1.165, 1.54) is 25.0 Å². The Morgan fingerprint density at radius 1 is 1.03 bits per heavy atom. The molecule has 0 unspecified atom stereocenters. The van der Waals surface area contributed by atoms with E-state index in [2.05, 4.69) is 21.2 Å². The van der Waals surface area contributed by atoms with Crippen LogP contribution in [0.4, 0.5) is 16.2 Å². The monoisotopic (exact) mass is 461 g/mol. The van der Waals surface area contributed by atoms with Crippen LogP contribution in [0, 0.1) is 0 Å². The Hall–Kier alpha value is -2.52. The van der Waals surface area contributed by atoms with E-state index in [4.69, 9.17) is 9.57 Å². The SMILES string of the molecule is CON(C)C(=O)c1cc(NCCN2CCCC2)cc(N2CCN(C(=O)OC(C)(C)C)CC2)c1. The number of hydroxylamine groups is 2. The van der Waals surface area contributed by atoms with Crippen LogP contribution in [0.5, 0.6) is 0 Å². The summed E-state index contributed by atoms with van der Waals surface area (Å²) in [5, 5.41) is 4.72. The second-order valence-electron chi connectivity index (χ2n) is 9.68. The van der Waals surface area contributed by atoms with Crippen molar-refractivity contribution < 1.29 is 19.2 Å². The molecule has 0 bridgehead atoms. The third-order valence-corrected chi connectivity index (χ3v) is 5.98. The minimum Gasteiger partial charge on any atom is -0.444 e. The summed E-state index contributed by atoms with van der Waals surface area (Å²) < 4.78 is 5.50. The number of hydrogen-bond acceptors (Lipinski definition) is 7. The fourth-order valence-electron chi connectivity index (χ4n) is 4.12. The third-order valence-electron chi connectivity index (χ3n) is 5.98. The Morgan fingerprint density at radius 2 is 1.70 bits per heavy atom. The number of hydrogen-bond donors (Lipinski definition) is 1. The first-order valence-electron chi connectivity index (χ1n) is 11.8. The average Bonchev–Trinajstić information content (AvgIpc) is 3.30. The Balaban J connectivity index is 1.69. The van der Waals surface area contributed by atoms with Crippen molar-refractivity contribution in [3.8, 4) is 0 Å². The third kappa shape index (κ3) is 7.23. The molecule has 1 aromatic rings. The van der Waals surface area contributed by atoms with Crippen LogP contribution in [0.3, 0.4) is 0 Å². The molecule has 2 aliphatic heterocycles. The first kappa shape index (κ1) is 25.1. The van der Waals surface area contributed by atoms with Crippen LogP contribution >= 0.6 is 0 Å². The van der Waals surface area contributed by atoms with Gasteiger partial charge in [0.25, 0.3) is 5.91 Å². The van der Waals surface area contributed by atoms with Crippen LogP contribution in [-0.4, -0.2) is 99.0 Å². The van der Waals surface area contributed by atoms with Gasteiger partial charge in [-0.2, -0.15) is 0 Å². The number of amides is 2. The fourth-order valence-corrected chi connectivity index (χ4v) is 4.12. The van der Waals surface area contributed by atoms with Crippen LogP contribution in [-0.2, 0) is 9.57 Å². The summed E-state index contributed by atoms with van der Waals surface area (Å²) in [5.74, 6) is -0.200. The number of carbonyl (C=O) groups is 2. The molecule has 184 valence electrons. The molecule has 0 atom stereocenters. The molecule has 1 aromatic carbocycles. The van der Waals surface area contributed by atoms with Gasteiger partial charge in [0.1, 0.15) is 5.60 Å². The number of piperazine rings is 1. The summed E-state index contributed by atoms with van der Waals surface area (Å²) >= 11 is 0. The zero-order valence-electron chi connectivity index (χ0n) is 20.7. The van der Waals surface area contributed by atoms with Crippen molar-refractivity contribution in [2.45, 2.75) is 39.2 Å². The van der Waals surface area contributed by atoms with Gasteiger partial charge in [-0.1, -0.05) is 0 Å². The van der Waals surface area contributed by atoms with Crippen molar-refractivity contribution in [3.63, 3.8) is 0 Å². The summed E-state index contributed by atoms with van der Waals surface area (Å²) in [4.78, 5) is 36.7. The van der Waals surface area contributed by atoms with Gasteiger partial charge in [-0.25, -0.2) is 9.86 Å². The van der Waals surface area contributed by atoms with E-state index >= 15 is 0 Å². The highest BCUT2D eigenvalue weighted by atomic mass is 16.7. The van der Waals surface area contributed by atoms with Gasteiger partial charge in [0, 0.05) is 63.3 Å². The second kappa shape index (κ2) is 11.1. The van der Waals surface area contributed by atoms with E-state index in [9.17, 15) is 9.59 Å². The number of nitrogens with zero attached hydrogens (tertiary/aromatic N) is 4. The standard InChI is InChI=1S/C24H39N5O4/c1-24(2,3)33-23(31)29-14-12-28(13-15-29)21-17-19(22(30)26(4)32-5)16-20(18-21)25-8-11-27-9-6-7-10-27/h16-18,25H,6-15H2,1-5H3. The van der Waals surface area contributed by atoms with Gasteiger partial charge >= 0.3 is 6.09 Å². The Bertz CT molecular complexity index is 812. The van der Waals surface area contributed by atoms with Crippen molar-refractivity contribution in [2.75, 3.05) is 76.7 Å². The molecule has 2 saturated heterocycles. The number of likely N-dealkylation sites (tertiary alicyclic amines) is 1. The largest absolute Gasteiger partial charge is 0.444 e. The van der Waals surface area contributed by atoms with Crippen LogP contribution in [0.2, 0.25) is 0 Å². The van der Waals surface area contributed by atoms with Crippen LogP contribution < -0.4 is 10.2 Å². The van der Waals surface area contributed by atoms with Crippen molar-refractivity contribution in [2.24, 2.45) is 0 Å². The number of ether oxygens (including phenoxy) is 1. The quantitative estimate of drug-likeness (QED) is 0.626. The molecular weight excluding hydrogens is 422 g/mol. The maximum atomic E-state index is 12.8. The van der Waals surface area contributed by atoms with E-state index in [-0.39, 0.29) is 12.0 Å². The number of nitrogens with one attached hydrogen (secondary N) is 1. The number of anilines is 2. The van der Waals surface area contributed by atoms with Crippen molar-refractivity contribution in [3.05, 3.63) is 23.8 Å². The highest BCUT2D eigenvalue weighted by Crippen LogP contribution is 2.25. The molecule has 2 fully saturated rings. The van der Waals surface area contributed by atoms with Gasteiger partial charge in [0.2, 0.25) is 0 Å². The summed E-state index contributed by atoms with van der Waals surface area (Å²) in [6, 6.07) is 5.85. The zero-order valence-corrected chi connectivity index (χ0v) is 20.7. The first-order chi connectivity index (χ1) is 15.7. The Kier molecular flexibility index (Phi) is 8.42. The van der Waals surface area contributed by atoms with E-state index in [1.807, 2.05) is 32.9 Å². The van der Waals surface area contributed by atoms with Crippen molar-refractivity contribution in [1.82, 2.24) is 14.9 Å². The molecule has 0 saturated carbocycles. The van der Waals surface area contributed by atoms with Crippen molar-refractivity contribution >= 4 is 23.4 Å². The second-order valence-corrected chi connectivity index (χ2v) is 9.68. The average molecular weight is 462 g/mol. The van der Waals surface area contributed by atoms with E-state index in [0.29, 0.717) is 31.7 Å². The highest BCUT2D eigenvalue weighted by molar-refractivity contribution is 5.95. The lowest BCUT2D eigenvalue weighted by atomic mass is 10.1. The lowest BCUT2D eigenvalue weighted by Crippen LogP contribution is -2.50. The van der Waals surface area contributed by atoms with Gasteiger partial charge in [0.05, 0.1) is 7.11 Å². The lowest BCUT2D eigenvalue weighted by Gasteiger charge is -2.37. The first-order valence-corrected chi connectivity index (χ1v) is 11.8. The molecular formula is C24H39N5O4. The number of carbonyl (C=O) groups excluding carboxylic acids is 2. The van der Waals surface area contributed by atoms with Crippen LogP contribution in [0.1, 0.15) is 44.0 Å². The summed E-state index contributed by atoms with van der Waals surface area (Å²) in [5.41, 5.74) is 1.92. The van der Waals surface area contributed by atoms with E-state index in [1.54, 1.807) is 11.9 Å². The van der Waals surface area contributed by atoms with Crippen LogP contribution in [0.25, 0.3) is 0 Å². The Morgan fingerprint density at radius 3 is 2.30 bits per heavy atom. The lowest BCUT2D eigenvalue weighted by molar-refractivity contribution is -0.0756. The molecule has 0 radical (unpaired) electrons. The predicted molar refractivity (Wildman–Crippen MR) is 130 cm³/mol. The molecule has 2 aliphatic rings. The van der Waals surface area contributed by atoms with E-state index < -0.39 is 5.60 Å². The molecule has 0 spiro atoms. The minimum absolute atomic E-state index is 0.200. The minimum atomic E-state index is -0.508. The predicted octanol–water partition coefficient (Wildman–Crippen LogP) is 2.88. The van der Waals surface area contributed by atoms with Gasteiger partial charge < -0.3 is 24.8 Å². The number of rotatable bonds is 7. The maximum Gasteiger partial charge on any atom is 0.410 e. The normalized spacial score (nSPS) is 17.2. The molecule has 9 heteroatoms. The van der Waals surface area contributed by atoms with Gasteiger partial charge in [0.15, 0.2) is 0 Å². The molecule has 2 heterocycles. The van der Waals surface area contributed by atoms with Gasteiger partial charge in [-0.15, -0.1) is 0 Å². The summed E-state index contributed by atoms with van der Waals surface area (Å²) in [6.07, 6.45) is 2.26. The highest BCUT2D eigenvalue weighted by Gasteiger charge is 2.26. The van der Waals surface area contributed by atoms with Gasteiger partial charge in [-0.3, -0.25) is 9.63 Å². The topological polar surface area (TPSA) is 77.6 Å². The molecule has 0 aliphatic carbocycles. The van der Waals surface area contributed by atoms with Crippen molar-refractivity contribution in [1.29, 1.82) is 0 Å². The molecule has 33 heavy (non-hydrogen) atoms. The summed E-state index contributed by atoms with van der Waals surface area (Å²) in [7, 11) is 3.09. The summed E-state index contributed by atoms with van der Waals surface area (Å²) in [6.45, 7) is 12.2. The molecule has 0 aromatic heterocycles. The molecule has 3 rings (SSSR count). The Labute approximate surface area is 197 Å². The number of benzene rings is 1. The van der Waals surface area contributed by atoms with Gasteiger partial charge in [-0.05, 0) is 64.9 Å². The molecule has 1 N–H and O–H groups in total.